The van der Waals surface area contributed by atoms with Gasteiger partial charge in [-0.1, -0.05) is 11.6 Å². The predicted molar refractivity (Wildman–Crippen MR) is 50.8 cm³/mol. The number of imidazole rings is 1. The van der Waals surface area contributed by atoms with Crippen LogP contribution in [-0.2, 0) is 7.05 Å². The number of halogens is 1. The van der Waals surface area contributed by atoms with Crippen LogP contribution < -0.4 is 0 Å². The molecule has 0 N–H and O–H groups in total. The van der Waals surface area contributed by atoms with Crippen LogP contribution in [0.5, 0.6) is 0 Å². The minimum Gasteiger partial charge on any atom is -0.316 e. The third kappa shape index (κ3) is 1.18. The highest BCUT2D eigenvalue weighted by atomic mass is 35.5. The molecule has 0 amide bonds. The molecule has 2 heterocycles. The van der Waals surface area contributed by atoms with Crippen LogP contribution in [0, 0.1) is 13.8 Å². The van der Waals surface area contributed by atoms with Crippen molar-refractivity contribution in [3.05, 3.63) is 16.8 Å². The van der Waals surface area contributed by atoms with Crippen molar-refractivity contribution in [2.45, 2.75) is 13.8 Å². The number of aryl methyl sites for hydroxylation is 3. The molecule has 0 fully saturated rings. The Kier molecular flexibility index (Phi) is 1.73. The standard InChI is InChI=1S/C8H9ClN4/c1-4-10-7(9)6-8(11-4)13(3)5(2)12-6/h1-3H3. The topological polar surface area (TPSA) is 43.6 Å². The molecule has 0 saturated heterocycles. The van der Waals surface area contributed by atoms with Crippen LogP contribution in [0.1, 0.15) is 11.6 Å². The highest BCUT2D eigenvalue weighted by Crippen LogP contribution is 2.19. The molecule has 0 spiro atoms. The fourth-order valence-corrected chi connectivity index (χ4v) is 1.49. The lowest BCUT2D eigenvalue weighted by Gasteiger charge is -1.97. The average molecular weight is 197 g/mol. The maximum atomic E-state index is 5.92. The molecule has 2 aromatic heterocycles. The van der Waals surface area contributed by atoms with Gasteiger partial charge in [-0.2, -0.15) is 0 Å². The number of hydrogen-bond donors (Lipinski definition) is 0. The molecular weight excluding hydrogens is 188 g/mol. The molecular formula is C8H9ClN4. The fourth-order valence-electron chi connectivity index (χ4n) is 1.24. The van der Waals surface area contributed by atoms with Gasteiger partial charge in [-0.25, -0.2) is 15.0 Å². The molecule has 0 radical (unpaired) electrons. The molecule has 13 heavy (non-hydrogen) atoms. The monoisotopic (exact) mass is 196 g/mol. The first-order valence-corrected chi connectivity index (χ1v) is 4.30. The van der Waals surface area contributed by atoms with Gasteiger partial charge in [0.05, 0.1) is 0 Å². The normalized spacial score (nSPS) is 11.1. The lowest BCUT2D eigenvalue weighted by atomic mass is 10.5. The van der Waals surface area contributed by atoms with E-state index in [2.05, 4.69) is 15.0 Å². The summed E-state index contributed by atoms with van der Waals surface area (Å²) in [6.07, 6.45) is 0. The first-order valence-electron chi connectivity index (χ1n) is 3.93. The van der Waals surface area contributed by atoms with E-state index in [0.717, 1.165) is 11.5 Å². The first-order chi connectivity index (χ1) is 6.09. The van der Waals surface area contributed by atoms with Crippen molar-refractivity contribution in [1.82, 2.24) is 19.5 Å². The van der Waals surface area contributed by atoms with E-state index in [-0.39, 0.29) is 0 Å². The highest BCUT2D eigenvalue weighted by molar-refractivity contribution is 6.33. The molecule has 5 heteroatoms. The van der Waals surface area contributed by atoms with Gasteiger partial charge in [-0.3, -0.25) is 0 Å². The third-order valence-corrected chi connectivity index (χ3v) is 2.28. The zero-order valence-electron chi connectivity index (χ0n) is 7.67. The molecule has 0 saturated carbocycles. The summed E-state index contributed by atoms with van der Waals surface area (Å²) in [6.45, 7) is 3.72. The summed E-state index contributed by atoms with van der Waals surface area (Å²) in [6, 6.07) is 0. The quantitative estimate of drug-likeness (QED) is 0.602. The van der Waals surface area contributed by atoms with Gasteiger partial charge in [0, 0.05) is 7.05 Å². The van der Waals surface area contributed by atoms with Gasteiger partial charge in [0.2, 0.25) is 0 Å². The van der Waals surface area contributed by atoms with E-state index in [1.165, 1.54) is 0 Å². The number of nitrogens with zero attached hydrogens (tertiary/aromatic N) is 4. The Morgan fingerprint density at radius 3 is 2.54 bits per heavy atom. The third-order valence-electron chi connectivity index (χ3n) is 2.01. The molecule has 0 aliphatic heterocycles. The van der Waals surface area contributed by atoms with Crippen LogP contribution in [0.25, 0.3) is 11.2 Å². The molecule has 0 aromatic carbocycles. The second-order valence-corrected chi connectivity index (χ2v) is 3.31. The summed E-state index contributed by atoms with van der Waals surface area (Å²) in [4.78, 5) is 12.6. The summed E-state index contributed by atoms with van der Waals surface area (Å²) < 4.78 is 1.90. The molecule has 0 bridgehead atoms. The van der Waals surface area contributed by atoms with Crippen molar-refractivity contribution < 1.29 is 0 Å². The van der Waals surface area contributed by atoms with Crippen molar-refractivity contribution in [2.75, 3.05) is 0 Å². The largest absolute Gasteiger partial charge is 0.316 e. The summed E-state index contributed by atoms with van der Waals surface area (Å²) in [7, 11) is 1.91. The lowest BCUT2D eigenvalue weighted by Crippen LogP contribution is -1.95. The molecule has 0 aliphatic carbocycles. The van der Waals surface area contributed by atoms with Crippen LogP contribution in [0.4, 0.5) is 0 Å². The van der Waals surface area contributed by atoms with Crippen LogP contribution in [0.15, 0.2) is 0 Å². The maximum absolute atomic E-state index is 5.92. The molecule has 0 aliphatic rings. The van der Waals surface area contributed by atoms with Crippen LogP contribution in [0.2, 0.25) is 5.15 Å². The zero-order valence-corrected chi connectivity index (χ0v) is 8.42. The van der Waals surface area contributed by atoms with E-state index < -0.39 is 0 Å². The second kappa shape index (κ2) is 2.67. The van der Waals surface area contributed by atoms with Crippen molar-refractivity contribution >= 4 is 22.8 Å². The first kappa shape index (κ1) is 8.44. The van der Waals surface area contributed by atoms with Crippen LogP contribution >= 0.6 is 11.6 Å². The number of fused-ring (bicyclic) bond motifs is 1. The van der Waals surface area contributed by atoms with Gasteiger partial charge in [-0.05, 0) is 13.8 Å². The van der Waals surface area contributed by atoms with Crippen molar-refractivity contribution in [3.8, 4) is 0 Å². The van der Waals surface area contributed by atoms with E-state index in [1.54, 1.807) is 0 Å². The fraction of sp³-hybridized carbons (Fsp3) is 0.375. The Balaban J connectivity index is 2.94. The van der Waals surface area contributed by atoms with Crippen molar-refractivity contribution in [2.24, 2.45) is 7.05 Å². The van der Waals surface area contributed by atoms with Crippen molar-refractivity contribution in [3.63, 3.8) is 0 Å². The van der Waals surface area contributed by atoms with Crippen molar-refractivity contribution in [1.29, 1.82) is 0 Å². The minimum absolute atomic E-state index is 0.422. The zero-order chi connectivity index (χ0) is 9.59. The van der Waals surface area contributed by atoms with Gasteiger partial charge in [0.25, 0.3) is 0 Å². The van der Waals surface area contributed by atoms with Gasteiger partial charge in [0.15, 0.2) is 10.8 Å². The summed E-state index contributed by atoms with van der Waals surface area (Å²) in [5.74, 6) is 1.55. The molecule has 0 atom stereocenters. The Bertz CT molecular complexity index is 474. The predicted octanol–water partition coefficient (Wildman–Crippen LogP) is 1.63. The summed E-state index contributed by atoms with van der Waals surface area (Å²) in [5, 5.41) is 0.422. The van der Waals surface area contributed by atoms with Gasteiger partial charge in [0.1, 0.15) is 17.2 Å². The highest BCUT2D eigenvalue weighted by Gasteiger charge is 2.10. The number of hydrogen-bond acceptors (Lipinski definition) is 3. The Labute approximate surface area is 80.6 Å². The summed E-state index contributed by atoms with van der Waals surface area (Å²) >= 11 is 5.92. The lowest BCUT2D eigenvalue weighted by molar-refractivity contribution is 0.869. The second-order valence-electron chi connectivity index (χ2n) is 2.95. The Morgan fingerprint density at radius 1 is 1.15 bits per heavy atom. The Hall–Kier alpha value is -1.16. The summed E-state index contributed by atoms with van der Waals surface area (Å²) in [5.41, 5.74) is 1.46. The molecule has 2 aromatic rings. The smallest absolute Gasteiger partial charge is 0.165 e. The average Bonchev–Trinajstić information content (AvgIpc) is 2.32. The molecule has 2 rings (SSSR count). The molecule has 4 nitrogen and oxygen atoms in total. The van der Waals surface area contributed by atoms with E-state index in [9.17, 15) is 0 Å². The maximum Gasteiger partial charge on any atom is 0.165 e. The Morgan fingerprint density at radius 2 is 1.85 bits per heavy atom. The molecule has 0 unspecified atom stereocenters. The van der Waals surface area contributed by atoms with Crippen LogP contribution in [0.3, 0.4) is 0 Å². The SMILES string of the molecule is Cc1nc(Cl)c2nc(C)n(C)c2n1. The van der Waals surface area contributed by atoms with Gasteiger partial charge >= 0.3 is 0 Å². The van der Waals surface area contributed by atoms with E-state index >= 15 is 0 Å². The molecule has 68 valence electrons. The van der Waals surface area contributed by atoms with Gasteiger partial charge < -0.3 is 4.57 Å². The van der Waals surface area contributed by atoms with E-state index in [4.69, 9.17) is 11.6 Å². The number of aromatic nitrogens is 4. The number of rotatable bonds is 0. The minimum atomic E-state index is 0.422. The van der Waals surface area contributed by atoms with Crippen LogP contribution in [-0.4, -0.2) is 19.5 Å². The van der Waals surface area contributed by atoms with E-state index in [0.29, 0.717) is 16.5 Å². The van der Waals surface area contributed by atoms with E-state index in [1.807, 2.05) is 25.5 Å². The van der Waals surface area contributed by atoms with Gasteiger partial charge in [-0.15, -0.1) is 0 Å².